The van der Waals surface area contributed by atoms with Gasteiger partial charge in [-0.05, 0) is 19.1 Å². The Balaban J connectivity index is 1.47. The van der Waals surface area contributed by atoms with Crippen LogP contribution in [-0.4, -0.2) is 75.0 Å². The average Bonchev–Trinajstić information content (AvgIpc) is 3.60. The third kappa shape index (κ3) is 4.39. The Kier molecular flexibility index (Phi) is 6.57. The number of ether oxygens (including phenoxy) is 1. The molecule has 0 unspecified atom stereocenters. The minimum Gasteiger partial charge on any atom is -0.394 e. The molecular formula is C21H20F3N7O4S. The average molecular weight is 523 g/mol. The zero-order valence-electron chi connectivity index (χ0n) is 18.6. The van der Waals surface area contributed by atoms with E-state index >= 15 is 0 Å². The first kappa shape index (κ1) is 24.5. The van der Waals surface area contributed by atoms with E-state index in [0.717, 1.165) is 27.5 Å². The van der Waals surface area contributed by atoms with Gasteiger partial charge in [0.2, 0.25) is 0 Å². The Morgan fingerprint density at radius 2 is 1.86 bits per heavy atom. The van der Waals surface area contributed by atoms with Crippen molar-refractivity contribution in [3.63, 3.8) is 0 Å². The summed E-state index contributed by atoms with van der Waals surface area (Å²) in [5.41, 5.74) is 0.624. The second-order valence-corrected chi connectivity index (χ2v) is 9.32. The van der Waals surface area contributed by atoms with Gasteiger partial charge in [-0.2, -0.15) is 0 Å². The van der Waals surface area contributed by atoms with Gasteiger partial charge in [-0.25, -0.2) is 22.8 Å². The predicted octanol–water partition coefficient (Wildman–Crippen LogP) is 1.16. The predicted molar refractivity (Wildman–Crippen MR) is 117 cm³/mol. The molecule has 0 radical (unpaired) electrons. The van der Waals surface area contributed by atoms with E-state index in [2.05, 4.69) is 25.5 Å². The van der Waals surface area contributed by atoms with Crippen LogP contribution in [0.2, 0.25) is 0 Å². The normalized spacial score (nSPS) is 24.4. The molecule has 0 bridgehead atoms. The van der Waals surface area contributed by atoms with Gasteiger partial charge in [0.05, 0.1) is 30.1 Å². The Hall–Kier alpha value is -3.24. The monoisotopic (exact) mass is 523 g/mol. The first-order chi connectivity index (χ1) is 17.3. The third-order valence-electron chi connectivity index (χ3n) is 5.89. The highest BCUT2D eigenvalue weighted by atomic mass is 32.1. The molecule has 0 saturated carbocycles. The summed E-state index contributed by atoms with van der Waals surface area (Å²) in [6, 6.07) is 0.320. The number of hydrogen-bond donors (Lipinski definition) is 3. The highest BCUT2D eigenvalue weighted by molar-refractivity contribution is 7.09. The van der Waals surface area contributed by atoms with Crippen molar-refractivity contribution in [2.75, 3.05) is 6.61 Å². The molecule has 3 aromatic heterocycles. The van der Waals surface area contributed by atoms with Gasteiger partial charge >= 0.3 is 0 Å². The number of aliphatic hydroxyl groups excluding tert-OH is 3. The fourth-order valence-electron chi connectivity index (χ4n) is 4.15. The van der Waals surface area contributed by atoms with Gasteiger partial charge in [0.15, 0.2) is 23.3 Å². The Morgan fingerprint density at radius 3 is 2.53 bits per heavy atom. The van der Waals surface area contributed by atoms with Gasteiger partial charge in [0.25, 0.3) is 0 Å². The fourth-order valence-corrected chi connectivity index (χ4v) is 4.75. The number of hydrogen-bond acceptors (Lipinski definition) is 10. The van der Waals surface area contributed by atoms with E-state index in [1.54, 1.807) is 4.57 Å². The van der Waals surface area contributed by atoms with Gasteiger partial charge in [-0.3, -0.25) is 0 Å². The molecular weight excluding hydrogens is 503 g/mol. The molecule has 1 aliphatic heterocycles. The molecule has 11 nitrogen and oxygen atoms in total. The number of rotatable bonds is 6. The van der Waals surface area contributed by atoms with Gasteiger partial charge in [0.1, 0.15) is 42.5 Å². The molecule has 5 rings (SSSR count). The molecule has 4 aromatic rings. The summed E-state index contributed by atoms with van der Waals surface area (Å²) in [5, 5.41) is 50.3. The highest BCUT2D eigenvalue weighted by Gasteiger charge is 2.48. The summed E-state index contributed by atoms with van der Waals surface area (Å²) in [5.74, 6) is -4.19. The molecule has 1 aliphatic rings. The smallest absolute Gasteiger partial charge is 0.194 e. The molecule has 1 saturated heterocycles. The molecule has 5 atom stereocenters. The van der Waals surface area contributed by atoms with Crippen LogP contribution in [0.5, 0.6) is 0 Å². The maximum absolute atomic E-state index is 13.7. The second kappa shape index (κ2) is 9.67. The Bertz CT molecular complexity index is 1360. The molecule has 1 aromatic carbocycles. The number of aryl methyl sites for hydroxylation is 1. The highest BCUT2D eigenvalue weighted by Crippen LogP contribution is 2.38. The van der Waals surface area contributed by atoms with E-state index in [1.165, 1.54) is 23.9 Å². The molecule has 0 spiro atoms. The van der Waals surface area contributed by atoms with Crippen molar-refractivity contribution in [2.45, 2.75) is 43.9 Å². The van der Waals surface area contributed by atoms with E-state index in [-0.39, 0.29) is 17.1 Å². The van der Waals surface area contributed by atoms with E-state index in [0.29, 0.717) is 6.54 Å². The van der Waals surface area contributed by atoms with Gasteiger partial charge in [0, 0.05) is 10.9 Å². The zero-order chi connectivity index (χ0) is 25.6. The molecule has 3 N–H and O–H groups in total. The van der Waals surface area contributed by atoms with Crippen LogP contribution < -0.4 is 0 Å². The van der Waals surface area contributed by atoms with Gasteiger partial charge in [-0.15, -0.1) is 26.6 Å². The summed E-state index contributed by atoms with van der Waals surface area (Å²) < 4.78 is 49.3. The first-order valence-electron chi connectivity index (χ1n) is 10.7. The molecule has 0 aliphatic carbocycles. The van der Waals surface area contributed by atoms with Crippen molar-refractivity contribution in [1.29, 1.82) is 0 Å². The minimum absolute atomic E-state index is 0.0298. The standard InChI is InChI=1S/C21H20F3N7O4S/c1-9-26-11(7-36-9)4-30-8-25-28-21(30)20-19(34)17(18(33)15(6-32)35-20)31-5-14(27-29-31)10-2-12(22)16(24)13(23)3-10/h2-3,5,7-8,15,17-20,32-34H,4,6H2,1H3/t15-,17+,18+,19-,20-/m1/s1. The Labute approximate surface area is 205 Å². The number of halogens is 3. The van der Waals surface area contributed by atoms with Gasteiger partial charge < -0.3 is 24.6 Å². The van der Waals surface area contributed by atoms with Crippen LogP contribution in [-0.2, 0) is 11.3 Å². The lowest BCUT2D eigenvalue weighted by Crippen LogP contribution is -2.53. The molecule has 1 fully saturated rings. The van der Waals surface area contributed by atoms with Crippen molar-refractivity contribution < 1.29 is 33.2 Å². The summed E-state index contributed by atoms with van der Waals surface area (Å²) >= 11 is 1.47. The molecule has 15 heteroatoms. The van der Waals surface area contributed by atoms with Crippen LogP contribution in [0.15, 0.2) is 30.0 Å². The number of nitrogens with zero attached hydrogens (tertiary/aromatic N) is 7. The summed E-state index contributed by atoms with van der Waals surface area (Å²) in [6.45, 7) is 1.58. The van der Waals surface area contributed by atoms with Crippen LogP contribution >= 0.6 is 11.3 Å². The van der Waals surface area contributed by atoms with Crippen LogP contribution in [0.1, 0.15) is 28.7 Å². The summed E-state index contributed by atoms with van der Waals surface area (Å²) in [6.07, 6.45) is -2.47. The molecule has 4 heterocycles. The van der Waals surface area contributed by atoms with Crippen molar-refractivity contribution in [2.24, 2.45) is 0 Å². The zero-order valence-corrected chi connectivity index (χ0v) is 19.4. The topological polar surface area (TPSA) is 144 Å². The van der Waals surface area contributed by atoms with Crippen molar-refractivity contribution in [3.8, 4) is 11.3 Å². The largest absolute Gasteiger partial charge is 0.394 e. The van der Waals surface area contributed by atoms with Gasteiger partial charge in [-0.1, -0.05) is 5.21 Å². The molecule has 190 valence electrons. The van der Waals surface area contributed by atoms with Crippen LogP contribution in [0, 0.1) is 24.4 Å². The van der Waals surface area contributed by atoms with Crippen molar-refractivity contribution in [3.05, 3.63) is 64.0 Å². The van der Waals surface area contributed by atoms with E-state index < -0.39 is 54.5 Å². The SMILES string of the molecule is Cc1nc(Cn2cnnc2[C@@H]2O[C@H](CO)[C@H](O)[C@H](n3cc(-c4cc(F)c(F)c(F)c4)nn3)[C@H]2O)cs1. The Morgan fingerprint density at radius 1 is 1.11 bits per heavy atom. The minimum atomic E-state index is -1.62. The van der Waals surface area contributed by atoms with E-state index in [4.69, 9.17) is 4.74 Å². The lowest BCUT2D eigenvalue weighted by atomic mass is 9.92. The van der Waals surface area contributed by atoms with E-state index in [9.17, 15) is 28.5 Å². The molecule has 36 heavy (non-hydrogen) atoms. The second-order valence-electron chi connectivity index (χ2n) is 8.26. The van der Waals surface area contributed by atoms with Crippen LogP contribution in [0.3, 0.4) is 0 Å². The molecule has 0 amide bonds. The lowest BCUT2D eigenvalue weighted by Gasteiger charge is -2.41. The fraction of sp³-hybridized carbons (Fsp3) is 0.381. The lowest BCUT2D eigenvalue weighted by molar-refractivity contribution is -0.211. The quantitative estimate of drug-likeness (QED) is 0.317. The van der Waals surface area contributed by atoms with E-state index in [1.807, 2.05) is 12.3 Å². The number of aromatic nitrogens is 7. The third-order valence-corrected chi connectivity index (χ3v) is 6.71. The van der Waals surface area contributed by atoms with Crippen molar-refractivity contribution in [1.82, 2.24) is 34.7 Å². The number of thiazole rings is 1. The maximum atomic E-state index is 13.7. The first-order valence-corrected chi connectivity index (χ1v) is 11.6. The summed E-state index contributed by atoms with van der Waals surface area (Å²) in [7, 11) is 0. The maximum Gasteiger partial charge on any atom is 0.194 e. The number of aliphatic hydroxyl groups is 3. The number of benzene rings is 1. The van der Waals surface area contributed by atoms with Crippen molar-refractivity contribution >= 4 is 11.3 Å². The summed E-state index contributed by atoms with van der Waals surface area (Å²) in [4.78, 5) is 4.41. The van der Waals surface area contributed by atoms with Crippen LogP contribution in [0.4, 0.5) is 13.2 Å². The van der Waals surface area contributed by atoms with Crippen LogP contribution in [0.25, 0.3) is 11.3 Å².